The lowest BCUT2D eigenvalue weighted by Gasteiger charge is -2.07. The number of amides is 1. The molecule has 6 heteroatoms. The van der Waals surface area contributed by atoms with Gasteiger partial charge in [0.15, 0.2) is 0 Å². The predicted octanol–water partition coefficient (Wildman–Crippen LogP) is 2.34. The number of nitrogens with two attached hydrogens (primary N) is 1. The Kier molecular flexibility index (Phi) is 3.59. The number of carbonyl (C=O) groups excluding carboxylic acids is 1. The first-order chi connectivity index (χ1) is 9.02. The van der Waals surface area contributed by atoms with Crippen molar-refractivity contribution in [2.75, 3.05) is 11.1 Å². The highest BCUT2D eigenvalue weighted by Crippen LogP contribution is 2.19. The molecule has 19 heavy (non-hydrogen) atoms. The van der Waals surface area contributed by atoms with Gasteiger partial charge in [-0.1, -0.05) is 12.1 Å². The van der Waals surface area contributed by atoms with Crippen LogP contribution in [0.3, 0.4) is 0 Å². The van der Waals surface area contributed by atoms with Crippen LogP contribution in [0.4, 0.5) is 11.6 Å². The van der Waals surface area contributed by atoms with E-state index in [-0.39, 0.29) is 5.91 Å². The average Bonchev–Trinajstić information content (AvgIpc) is 2.87. The van der Waals surface area contributed by atoms with E-state index in [1.807, 2.05) is 25.3 Å². The molecule has 6 nitrogen and oxygen atoms in total. The number of aromatic nitrogens is 2. The van der Waals surface area contributed by atoms with E-state index >= 15 is 0 Å². The van der Waals surface area contributed by atoms with Crippen molar-refractivity contribution in [3.05, 3.63) is 29.2 Å². The molecule has 1 amide bonds. The van der Waals surface area contributed by atoms with Gasteiger partial charge in [-0.2, -0.15) is 0 Å². The lowest BCUT2D eigenvalue weighted by atomic mass is 10.3. The molecule has 2 aromatic rings. The van der Waals surface area contributed by atoms with E-state index in [0.717, 1.165) is 24.2 Å². The number of nitrogens with zero attached hydrogens (tertiary/aromatic N) is 2. The van der Waals surface area contributed by atoms with Gasteiger partial charge in [-0.05, 0) is 26.3 Å². The fraction of sp³-hybridized carbons (Fsp3) is 0.385. The van der Waals surface area contributed by atoms with Crippen LogP contribution in [0.2, 0.25) is 0 Å². The number of anilines is 2. The zero-order valence-corrected chi connectivity index (χ0v) is 11.4. The number of nitrogen functional groups attached to an aromatic ring is 1. The summed E-state index contributed by atoms with van der Waals surface area (Å²) in [5.74, 6) is 0.134. The van der Waals surface area contributed by atoms with Gasteiger partial charge in [0.1, 0.15) is 5.69 Å². The third-order valence-corrected chi connectivity index (χ3v) is 3.00. The molecule has 0 saturated heterocycles. The smallest absolute Gasteiger partial charge is 0.274 e. The van der Waals surface area contributed by atoms with E-state index in [2.05, 4.69) is 10.5 Å². The van der Waals surface area contributed by atoms with Crippen molar-refractivity contribution < 1.29 is 9.32 Å². The predicted molar refractivity (Wildman–Crippen MR) is 73.1 cm³/mol. The quantitative estimate of drug-likeness (QED) is 0.885. The maximum absolute atomic E-state index is 12.2. The minimum Gasteiger partial charge on any atom is -0.397 e. The van der Waals surface area contributed by atoms with E-state index in [1.54, 1.807) is 12.3 Å². The van der Waals surface area contributed by atoms with Gasteiger partial charge in [0.05, 0.1) is 11.4 Å². The van der Waals surface area contributed by atoms with Crippen molar-refractivity contribution in [3.63, 3.8) is 0 Å². The molecule has 2 rings (SSSR count). The van der Waals surface area contributed by atoms with Crippen LogP contribution >= 0.6 is 0 Å². The second kappa shape index (κ2) is 5.17. The van der Waals surface area contributed by atoms with E-state index in [9.17, 15) is 4.79 Å². The Bertz CT molecular complexity index is 598. The first-order valence-electron chi connectivity index (χ1n) is 6.22. The second-order valence-electron chi connectivity index (χ2n) is 4.53. The maximum atomic E-state index is 12.2. The number of nitrogens with one attached hydrogen (secondary N) is 1. The highest BCUT2D eigenvalue weighted by molar-refractivity contribution is 6.03. The topological polar surface area (TPSA) is 86.1 Å². The molecule has 0 radical (unpaired) electrons. The van der Waals surface area contributed by atoms with Crippen molar-refractivity contribution in [1.82, 2.24) is 9.72 Å². The van der Waals surface area contributed by atoms with Crippen LogP contribution in [0, 0.1) is 13.8 Å². The molecule has 0 spiro atoms. The van der Waals surface area contributed by atoms with Crippen LogP contribution < -0.4 is 11.1 Å². The summed E-state index contributed by atoms with van der Waals surface area (Å²) in [4.78, 5) is 12.2. The van der Waals surface area contributed by atoms with E-state index in [4.69, 9.17) is 10.3 Å². The zero-order chi connectivity index (χ0) is 14.0. The number of hydrogen-bond donors (Lipinski definition) is 2. The molecule has 0 aliphatic rings. The summed E-state index contributed by atoms with van der Waals surface area (Å²) in [5.41, 5.74) is 8.42. The number of aryl methyl sites for hydroxylation is 2. The van der Waals surface area contributed by atoms with E-state index < -0.39 is 0 Å². The Labute approximate surface area is 111 Å². The molecule has 0 aromatic carbocycles. The highest BCUT2D eigenvalue weighted by atomic mass is 16.5. The molecule has 102 valence electrons. The first-order valence-corrected chi connectivity index (χ1v) is 6.22. The van der Waals surface area contributed by atoms with Gasteiger partial charge < -0.3 is 14.8 Å². The summed E-state index contributed by atoms with van der Waals surface area (Å²) in [5, 5.41) is 6.52. The third kappa shape index (κ3) is 2.62. The van der Waals surface area contributed by atoms with Gasteiger partial charge in [-0.15, -0.1) is 0 Å². The molecule has 0 atom stereocenters. The zero-order valence-electron chi connectivity index (χ0n) is 11.4. The second-order valence-corrected chi connectivity index (χ2v) is 4.53. The fourth-order valence-corrected chi connectivity index (χ4v) is 1.85. The standard InChI is InChI=1S/C13H18N4O2/c1-4-5-17-7-10(14)6-11(17)12(18)15-13-8(2)9(3)16-19-13/h6-7H,4-5,14H2,1-3H3,(H,15,18). The Morgan fingerprint density at radius 2 is 2.26 bits per heavy atom. The van der Waals surface area contributed by atoms with Crippen LogP contribution in [-0.4, -0.2) is 15.6 Å². The van der Waals surface area contributed by atoms with Gasteiger partial charge in [0.25, 0.3) is 5.91 Å². The Morgan fingerprint density at radius 1 is 1.53 bits per heavy atom. The first kappa shape index (κ1) is 13.2. The van der Waals surface area contributed by atoms with Crippen molar-refractivity contribution in [2.45, 2.75) is 33.7 Å². The average molecular weight is 262 g/mol. The van der Waals surface area contributed by atoms with Gasteiger partial charge in [-0.3, -0.25) is 10.1 Å². The van der Waals surface area contributed by atoms with Crippen molar-refractivity contribution in [3.8, 4) is 0 Å². The van der Waals surface area contributed by atoms with Crippen LogP contribution in [-0.2, 0) is 6.54 Å². The molecule has 0 unspecified atom stereocenters. The third-order valence-electron chi connectivity index (χ3n) is 3.00. The Morgan fingerprint density at radius 3 is 2.84 bits per heavy atom. The van der Waals surface area contributed by atoms with Gasteiger partial charge >= 0.3 is 0 Å². The number of hydrogen-bond acceptors (Lipinski definition) is 4. The molecule has 0 saturated carbocycles. The summed E-state index contributed by atoms with van der Waals surface area (Å²) < 4.78 is 6.91. The Balaban J connectivity index is 2.22. The largest absolute Gasteiger partial charge is 0.397 e. The van der Waals surface area contributed by atoms with Crippen LogP contribution in [0.1, 0.15) is 35.1 Å². The number of carbonyl (C=O) groups is 1. The summed E-state index contributed by atoms with van der Waals surface area (Å²) in [7, 11) is 0. The van der Waals surface area contributed by atoms with Crippen molar-refractivity contribution in [1.29, 1.82) is 0 Å². The van der Waals surface area contributed by atoms with Crippen molar-refractivity contribution in [2.24, 2.45) is 0 Å². The molecular weight excluding hydrogens is 244 g/mol. The molecule has 0 fully saturated rings. The monoisotopic (exact) mass is 262 g/mol. The normalized spacial score (nSPS) is 10.7. The summed E-state index contributed by atoms with van der Waals surface area (Å²) in [6, 6.07) is 1.66. The van der Waals surface area contributed by atoms with E-state index in [1.165, 1.54) is 0 Å². The molecular formula is C13H18N4O2. The van der Waals surface area contributed by atoms with Crippen LogP contribution in [0.15, 0.2) is 16.8 Å². The molecule has 0 aliphatic heterocycles. The van der Waals surface area contributed by atoms with Gasteiger partial charge in [0, 0.05) is 18.3 Å². The lowest BCUT2D eigenvalue weighted by molar-refractivity contribution is 0.101. The van der Waals surface area contributed by atoms with Crippen molar-refractivity contribution >= 4 is 17.5 Å². The highest BCUT2D eigenvalue weighted by Gasteiger charge is 2.16. The maximum Gasteiger partial charge on any atom is 0.274 e. The summed E-state index contributed by atoms with van der Waals surface area (Å²) in [6.07, 6.45) is 2.69. The minimum absolute atomic E-state index is 0.246. The molecule has 0 aliphatic carbocycles. The summed E-state index contributed by atoms with van der Waals surface area (Å²) >= 11 is 0. The molecule has 3 N–H and O–H groups in total. The molecule has 2 aromatic heterocycles. The van der Waals surface area contributed by atoms with Gasteiger partial charge in [0.2, 0.25) is 5.88 Å². The molecule has 0 bridgehead atoms. The lowest BCUT2D eigenvalue weighted by Crippen LogP contribution is -2.16. The SMILES string of the molecule is CCCn1cc(N)cc1C(=O)Nc1onc(C)c1C. The summed E-state index contributed by atoms with van der Waals surface area (Å²) in [6.45, 7) is 6.46. The number of rotatable bonds is 4. The molecule has 2 heterocycles. The van der Waals surface area contributed by atoms with E-state index in [0.29, 0.717) is 17.3 Å². The minimum atomic E-state index is -0.246. The van der Waals surface area contributed by atoms with Crippen LogP contribution in [0.25, 0.3) is 0 Å². The van der Waals surface area contributed by atoms with Gasteiger partial charge in [-0.25, -0.2) is 0 Å². The Hall–Kier alpha value is -2.24. The fourth-order valence-electron chi connectivity index (χ4n) is 1.85. The van der Waals surface area contributed by atoms with Crippen LogP contribution in [0.5, 0.6) is 0 Å².